The fourth-order valence-electron chi connectivity index (χ4n) is 2.42. The quantitative estimate of drug-likeness (QED) is 0.789. The Morgan fingerprint density at radius 2 is 2.44 bits per heavy atom. The summed E-state index contributed by atoms with van der Waals surface area (Å²) in [4.78, 5) is 13.3. The van der Waals surface area contributed by atoms with Crippen LogP contribution in [0.15, 0.2) is 6.33 Å². The van der Waals surface area contributed by atoms with E-state index in [-0.39, 0.29) is 5.91 Å². The largest absolute Gasteiger partial charge is 0.383 e. The van der Waals surface area contributed by atoms with Gasteiger partial charge >= 0.3 is 0 Å². The molecule has 0 radical (unpaired) electrons. The van der Waals surface area contributed by atoms with Crippen LogP contribution in [0.5, 0.6) is 0 Å². The van der Waals surface area contributed by atoms with E-state index in [1.165, 1.54) is 0 Å². The zero-order chi connectivity index (χ0) is 13.0. The van der Waals surface area contributed by atoms with Crippen molar-refractivity contribution in [2.24, 2.45) is 0 Å². The van der Waals surface area contributed by atoms with Crippen molar-refractivity contribution < 1.29 is 9.53 Å². The van der Waals surface area contributed by atoms with Crippen molar-refractivity contribution in [1.29, 1.82) is 0 Å². The smallest absolute Gasteiger partial charge is 0.219 e. The summed E-state index contributed by atoms with van der Waals surface area (Å²) >= 11 is 0. The van der Waals surface area contributed by atoms with Crippen molar-refractivity contribution >= 4 is 5.91 Å². The lowest BCUT2D eigenvalue weighted by molar-refractivity contribution is -0.130. The van der Waals surface area contributed by atoms with Crippen LogP contribution in [-0.2, 0) is 16.1 Å². The van der Waals surface area contributed by atoms with Gasteiger partial charge in [0.25, 0.3) is 0 Å². The van der Waals surface area contributed by atoms with Gasteiger partial charge in [-0.1, -0.05) is 0 Å². The highest BCUT2D eigenvalue weighted by Crippen LogP contribution is 2.25. The van der Waals surface area contributed by atoms with Crippen LogP contribution in [0.25, 0.3) is 0 Å². The van der Waals surface area contributed by atoms with Gasteiger partial charge in [-0.2, -0.15) is 0 Å². The van der Waals surface area contributed by atoms with E-state index >= 15 is 0 Å². The lowest BCUT2D eigenvalue weighted by Gasteiger charge is -2.31. The molecule has 0 spiro atoms. The monoisotopic (exact) mass is 252 g/mol. The highest BCUT2D eigenvalue weighted by Gasteiger charge is 2.26. The third-order valence-corrected chi connectivity index (χ3v) is 3.41. The maximum atomic E-state index is 11.4. The van der Waals surface area contributed by atoms with E-state index in [0.717, 1.165) is 38.3 Å². The molecule has 1 aliphatic heterocycles. The number of hydrogen-bond acceptors (Lipinski definition) is 4. The van der Waals surface area contributed by atoms with Crippen molar-refractivity contribution in [2.45, 2.75) is 32.2 Å². The van der Waals surface area contributed by atoms with Crippen molar-refractivity contribution in [2.75, 3.05) is 26.8 Å². The molecule has 0 aromatic carbocycles. The third-order valence-electron chi connectivity index (χ3n) is 3.41. The molecule has 0 aliphatic carbocycles. The van der Waals surface area contributed by atoms with Crippen molar-refractivity contribution in [1.82, 2.24) is 19.7 Å². The minimum absolute atomic E-state index is 0.141. The van der Waals surface area contributed by atoms with Crippen LogP contribution in [0.2, 0.25) is 0 Å². The predicted octanol–water partition coefficient (Wildman–Crippen LogP) is 0.650. The van der Waals surface area contributed by atoms with Crippen LogP contribution in [0.4, 0.5) is 0 Å². The van der Waals surface area contributed by atoms with Gasteiger partial charge in [-0.25, -0.2) is 0 Å². The van der Waals surface area contributed by atoms with Crippen LogP contribution in [0.1, 0.15) is 31.5 Å². The Kier molecular flexibility index (Phi) is 4.30. The molecule has 18 heavy (non-hydrogen) atoms. The number of ether oxygens (including phenoxy) is 1. The summed E-state index contributed by atoms with van der Waals surface area (Å²) in [6, 6.07) is 0. The number of amides is 1. The van der Waals surface area contributed by atoms with Gasteiger partial charge in [-0.15, -0.1) is 10.2 Å². The lowest BCUT2D eigenvalue weighted by Crippen LogP contribution is -2.38. The van der Waals surface area contributed by atoms with E-state index in [0.29, 0.717) is 12.5 Å². The number of rotatable bonds is 4. The fourth-order valence-corrected chi connectivity index (χ4v) is 2.42. The molecule has 1 amide bonds. The Bertz CT molecular complexity index is 405. The Morgan fingerprint density at radius 3 is 3.17 bits per heavy atom. The van der Waals surface area contributed by atoms with E-state index in [4.69, 9.17) is 4.74 Å². The normalized spacial score (nSPS) is 20.1. The second kappa shape index (κ2) is 5.95. The van der Waals surface area contributed by atoms with Crippen molar-refractivity contribution in [3.8, 4) is 0 Å². The summed E-state index contributed by atoms with van der Waals surface area (Å²) < 4.78 is 7.10. The fraction of sp³-hybridized carbons (Fsp3) is 0.750. The third kappa shape index (κ3) is 2.87. The molecule has 2 rings (SSSR count). The van der Waals surface area contributed by atoms with E-state index < -0.39 is 0 Å². The van der Waals surface area contributed by atoms with E-state index in [2.05, 4.69) is 10.2 Å². The average molecular weight is 252 g/mol. The number of hydrogen-bond donors (Lipinski definition) is 0. The highest BCUT2D eigenvalue weighted by molar-refractivity contribution is 5.73. The van der Waals surface area contributed by atoms with E-state index in [1.54, 1.807) is 20.4 Å². The summed E-state index contributed by atoms with van der Waals surface area (Å²) in [6.07, 6.45) is 3.83. The van der Waals surface area contributed by atoms with Gasteiger partial charge in [0.1, 0.15) is 12.2 Å². The Balaban J connectivity index is 2.06. The number of carbonyl (C=O) groups excluding carboxylic acids is 1. The van der Waals surface area contributed by atoms with E-state index in [9.17, 15) is 4.79 Å². The number of piperidine rings is 1. The molecule has 1 aromatic heterocycles. The zero-order valence-electron chi connectivity index (χ0n) is 11.0. The maximum absolute atomic E-state index is 11.4. The molecule has 6 heteroatoms. The predicted molar refractivity (Wildman–Crippen MR) is 66.1 cm³/mol. The van der Waals surface area contributed by atoms with Crippen LogP contribution in [0.3, 0.4) is 0 Å². The average Bonchev–Trinajstić information content (AvgIpc) is 2.84. The molecule has 0 saturated carbocycles. The van der Waals surface area contributed by atoms with Gasteiger partial charge in [0.15, 0.2) is 0 Å². The summed E-state index contributed by atoms with van der Waals surface area (Å²) in [5.74, 6) is 1.41. The van der Waals surface area contributed by atoms with Gasteiger partial charge < -0.3 is 14.2 Å². The van der Waals surface area contributed by atoms with Gasteiger partial charge in [0.2, 0.25) is 5.91 Å². The summed E-state index contributed by atoms with van der Waals surface area (Å²) in [5, 5.41) is 8.18. The first-order valence-electron chi connectivity index (χ1n) is 6.34. The first-order chi connectivity index (χ1) is 8.72. The second-order valence-corrected chi connectivity index (χ2v) is 4.68. The molecule has 6 nitrogen and oxygen atoms in total. The van der Waals surface area contributed by atoms with Gasteiger partial charge in [-0.05, 0) is 12.8 Å². The first kappa shape index (κ1) is 13.0. The van der Waals surface area contributed by atoms with E-state index in [1.807, 2.05) is 9.47 Å². The lowest BCUT2D eigenvalue weighted by atomic mass is 9.97. The SMILES string of the molecule is COCCn1cnnc1[C@H]1CCCN(C(C)=O)C1. The van der Waals surface area contributed by atoms with Crippen LogP contribution in [0, 0.1) is 0 Å². The summed E-state index contributed by atoms with van der Waals surface area (Å²) in [7, 11) is 1.68. The van der Waals surface area contributed by atoms with Gasteiger partial charge in [0.05, 0.1) is 6.61 Å². The minimum Gasteiger partial charge on any atom is -0.383 e. The van der Waals surface area contributed by atoms with Crippen molar-refractivity contribution in [3.05, 3.63) is 12.2 Å². The highest BCUT2D eigenvalue weighted by atomic mass is 16.5. The maximum Gasteiger partial charge on any atom is 0.219 e. The number of aromatic nitrogens is 3. The molecular formula is C12H20N4O2. The zero-order valence-corrected chi connectivity index (χ0v) is 11.0. The van der Waals surface area contributed by atoms with Crippen LogP contribution >= 0.6 is 0 Å². The van der Waals surface area contributed by atoms with Crippen LogP contribution in [-0.4, -0.2) is 52.4 Å². The number of likely N-dealkylation sites (tertiary alicyclic amines) is 1. The molecule has 0 unspecified atom stereocenters. The molecule has 2 heterocycles. The standard InChI is InChI=1S/C12H20N4O2/c1-10(17)15-5-3-4-11(8-15)12-14-13-9-16(12)6-7-18-2/h9,11H,3-8H2,1-2H3/t11-/m0/s1. The molecule has 1 aromatic rings. The van der Waals surface area contributed by atoms with Gasteiger partial charge in [-0.3, -0.25) is 4.79 Å². The molecule has 0 bridgehead atoms. The Hall–Kier alpha value is -1.43. The Morgan fingerprint density at radius 1 is 1.61 bits per heavy atom. The summed E-state index contributed by atoms with van der Waals surface area (Å²) in [5.41, 5.74) is 0. The number of methoxy groups -OCH3 is 1. The molecule has 0 N–H and O–H groups in total. The molecular weight excluding hydrogens is 232 g/mol. The molecule has 1 atom stereocenters. The van der Waals surface area contributed by atoms with Crippen LogP contribution < -0.4 is 0 Å². The topological polar surface area (TPSA) is 60.2 Å². The van der Waals surface area contributed by atoms with Gasteiger partial charge in [0, 0.05) is 39.6 Å². The minimum atomic E-state index is 0.141. The molecule has 1 aliphatic rings. The summed E-state index contributed by atoms with van der Waals surface area (Å²) in [6.45, 7) is 4.64. The van der Waals surface area contributed by atoms with Crippen molar-refractivity contribution in [3.63, 3.8) is 0 Å². The first-order valence-corrected chi connectivity index (χ1v) is 6.34. The molecule has 1 fully saturated rings. The number of nitrogens with zero attached hydrogens (tertiary/aromatic N) is 4. The second-order valence-electron chi connectivity index (χ2n) is 4.68. The molecule has 1 saturated heterocycles. The number of carbonyl (C=O) groups is 1. The molecule has 100 valence electrons. The Labute approximate surface area is 107 Å².